The maximum atomic E-state index is 1.56. The summed E-state index contributed by atoms with van der Waals surface area (Å²) in [5.41, 5.74) is 0. The summed E-state index contributed by atoms with van der Waals surface area (Å²) in [5, 5.41) is 0. The molecular weight excluding hydrogens is 69.7 g/mol. The van der Waals surface area contributed by atoms with Crippen LogP contribution in [0.25, 0.3) is 0 Å². The lowest BCUT2D eigenvalue weighted by Crippen LogP contribution is -2.00. The highest BCUT2D eigenvalue weighted by Gasteiger charge is 2.43. The summed E-state index contributed by atoms with van der Waals surface area (Å²) in [6.45, 7) is 2.43. The predicted molar refractivity (Wildman–Crippen MR) is 30.7 cm³/mol. The molecule has 0 aliphatic carbocycles. The Hall–Kier alpha value is 0.130. The van der Waals surface area contributed by atoms with Crippen molar-refractivity contribution in [3.8, 4) is 0 Å². The summed E-state index contributed by atoms with van der Waals surface area (Å²) in [4.78, 5) is 0. The molecule has 0 atom stereocenters. The molecule has 2 aliphatic rings. The fourth-order valence-corrected chi connectivity index (χ4v) is 1.14. The molecule has 0 bridgehead atoms. The molecule has 0 saturated carbocycles. The molecule has 2 saturated heterocycles. The summed E-state index contributed by atoms with van der Waals surface area (Å²) >= 11 is 0. The fraction of sp³-hybridized carbons (Fsp3) is 1.00. The second kappa shape index (κ2) is 0.853. The Kier molecular flexibility index (Phi) is 0.451. The van der Waals surface area contributed by atoms with Crippen LogP contribution in [0.4, 0.5) is 0 Å². The average molecular weight is 77.7 g/mol. The summed E-state index contributed by atoms with van der Waals surface area (Å²) in [5.74, 6) is 0. The number of rotatable bonds is 1. The summed E-state index contributed by atoms with van der Waals surface area (Å²) in [7, 11) is 0. The molecule has 0 unspecified atom stereocenters. The van der Waals surface area contributed by atoms with Crippen molar-refractivity contribution in [3.05, 3.63) is 0 Å². The van der Waals surface area contributed by atoms with Crippen LogP contribution in [-0.2, 0) is 0 Å². The van der Waals surface area contributed by atoms with E-state index in [1.807, 2.05) is 0 Å². The lowest BCUT2D eigenvalue weighted by Gasteiger charge is -1.67. The van der Waals surface area contributed by atoms with E-state index >= 15 is 0 Å². The van der Waals surface area contributed by atoms with E-state index in [0.717, 1.165) is 0 Å². The van der Waals surface area contributed by atoms with Gasteiger partial charge in [0, 0.05) is 0 Å². The van der Waals surface area contributed by atoms with Gasteiger partial charge >= 0.3 is 0 Å². The maximum absolute atomic E-state index is 1.56. The molecule has 6 heavy (non-hydrogen) atoms. The van der Waals surface area contributed by atoms with Crippen molar-refractivity contribution in [1.29, 1.82) is 0 Å². The van der Waals surface area contributed by atoms with Crippen molar-refractivity contribution < 1.29 is 0 Å². The first-order valence-electron chi connectivity index (χ1n) is 2.97. The van der Waals surface area contributed by atoms with Gasteiger partial charge in [-0.3, -0.25) is 0 Å². The topological polar surface area (TPSA) is 0 Å². The Morgan fingerprint density at radius 2 is 1.00 bits per heavy atom. The molecule has 0 amide bonds. The molecule has 0 aromatic carbocycles. The predicted octanol–water partition coefficient (Wildman–Crippen LogP) is 1.08. The largest absolute Gasteiger partial charge is 0.107 e. The van der Waals surface area contributed by atoms with E-state index in [9.17, 15) is 0 Å². The summed E-state index contributed by atoms with van der Waals surface area (Å²) < 4.78 is 0. The molecule has 0 nitrogen and oxygen atoms in total. The molecule has 2 aliphatic heterocycles. The van der Waals surface area contributed by atoms with Crippen molar-refractivity contribution in [2.75, 3.05) is 0 Å². The van der Waals surface area contributed by atoms with Crippen LogP contribution < -0.4 is 0 Å². The van der Waals surface area contributed by atoms with Crippen molar-refractivity contribution in [2.24, 2.45) is 0 Å². The highest BCUT2D eigenvalue weighted by Crippen LogP contribution is 2.36. The van der Waals surface area contributed by atoms with E-state index in [2.05, 4.69) is 0 Å². The fourth-order valence-electron chi connectivity index (χ4n) is 1.14. The van der Waals surface area contributed by atoms with Crippen molar-refractivity contribution >= 4 is 13.2 Å². The minimum atomic E-state index is 1.21. The van der Waals surface area contributed by atoms with Crippen LogP contribution in [0.2, 0.25) is 25.3 Å². The quantitative estimate of drug-likeness (QED) is 0.411. The van der Waals surface area contributed by atoms with Gasteiger partial charge in [-0.25, -0.2) is 0 Å². The van der Waals surface area contributed by atoms with E-state index in [1.54, 1.807) is 25.3 Å². The lowest BCUT2D eigenvalue weighted by atomic mass is 9.28. The van der Waals surface area contributed by atoms with Gasteiger partial charge in [-0.2, -0.15) is 0 Å². The van der Waals surface area contributed by atoms with Crippen LogP contribution in [0.3, 0.4) is 0 Å². The third-order valence-corrected chi connectivity index (χ3v) is 1.91. The second-order valence-electron chi connectivity index (χ2n) is 2.67. The third kappa shape index (κ3) is 0.394. The molecular formula is C4H8B2. The van der Waals surface area contributed by atoms with Gasteiger partial charge in [0.15, 0.2) is 0 Å². The zero-order valence-electron chi connectivity index (χ0n) is 3.98. The second-order valence-corrected chi connectivity index (χ2v) is 2.67. The van der Waals surface area contributed by atoms with Gasteiger partial charge < -0.3 is 0 Å². The Morgan fingerprint density at radius 1 is 0.667 bits per heavy atom. The van der Waals surface area contributed by atoms with Gasteiger partial charge in [-0.15, -0.1) is 0 Å². The lowest BCUT2D eigenvalue weighted by molar-refractivity contribution is 1.69. The molecule has 0 radical (unpaired) electrons. The molecule has 2 fully saturated rings. The van der Waals surface area contributed by atoms with Gasteiger partial charge in [0.2, 0.25) is 0 Å². The van der Waals surface area contributed by atoms with E-state index in [4.69, 9.17) is 0 Å². The summed E-state index contributed by atoms with van der Waals surface area (Å²) in [6.07, 6.45) is 6.24. The number of hydrogen-bond donors (Lipinski definition) is 0. The van der Waals surface area contributed by atoms with Crippen LogP contribution in [0, 0.1) is 0 Å². The molecule has 2 heterocycles. The van der Waals surface area contributed by atoms with E-state index in [0.29, 0.717) is 0 Å². The Bertz CT molecular complexity index is 53.9. The number of hydrogen-bond acceptors (Lipinski definition) is 0. The molecule has 0 spiro atoms. The Labute approximate surface area is 39.5 Å². The average Bonchev–Trinajstić information content (AvgIpc) is 2.26. The SMILES string of the molecule is C1CB1B1CC1. The molecule has 0 aromatic rings. The van der Waals surface area contributed by atoms with Crippen LogP contribution in [0.15, 0.2) is 0 Å². The molecule has 30 valence electrons. The monoisotopic (exact) mass is 78.1 g/mol. The van der Waals surface area contributed by atoms with Crippen molar-refractivity contribution in [2.45, 2.75) is 25.3 Å². The highest BCUT2D eigenvalue weighted by atomic mass is 14.0. The van der Waals surface area contributed by atoms with Gasteiger partial charge in [0.1, 0.15) is 13.2 Å². The summed E-state index contributed by atoms with van der Waals surface area (Å²) in [6, 6.07) is 0. The normalized spacial score (nSPS) is 28.0. The minimum absolute atomic E-state index is 1.21. The van der Waals surface area contributed by atoms with Gasteiger partial charge in [-0.1, -0.05) is 25.3 Å². The van der Waals surface area contributed by atoms with Crippen LogP contribution in [0.1, 0.15) is 0 Å². The van der Waals surface area contributed by atoms with E-state index in [-0.39, 0.29) is 0 Å². The zero-order valence-corrected chi connectivity index (χ0v) is 3.98. The van der Waals surface area contributed by atoms with E-state index in [1.165, 1.54) is 13.2 Å². The maximum Gasteiger partial charge on any atom is 0.107 e. The van der Waals surface area contributed by atoms with Crippen LogP contribution >= 0.6 is 0 Å². The molecule has 2 rings (SSSR count). The van der Waals surface area contributed by atoms with Gasteiger partial charge in [0.05, 0.1) is 0 Å². The third-order valence-electron chi connectivity index (χ3n) is 1.91. The van der Waals surface area contributed by atoms with E-state index < -0.39 is 0 Å². The highest BCUT2D eigenvalue weighted by molar-refractivity contribution is 7.31. The Morgan fingerprint density at radius 3 is 1.17 bits per heavy atom. The Balaban J connectivity index is 1.92. The van der Waals surface area contributed by atoms with Crippen LogP contribution in [0.5, 0.6) is 0 Å². The first-order valence-corrected chi connectivity index (χ1v) is 2.97. The molecule has 2 heteroatoms. The first-order chi connectivity index (χ1) is 2.97. The first kappa shape index (κ1) is 3.17. The molecule has 0 N–H and O–H groups in total. The van der Waals surface area contributed by atoms with Crippen molar-refractivity contribution in [1.82, 2.24) is 0 Å². The molecule has 0 aromatic heterocycles. The standard InChI is InChI=1S/C4H8B2/c1-2-5(1)6-3-4-6/h1-4H2. The van der Waals surface area contributed by atoms with Gasteiger partial charge in [-0.05, 0) is 0 Å². The van der Waals surface area contributed by atoms with Crippen LogP contribution in [-0.4, -0.2) is 13.2 Å². The smallest absolute Gasteiger partial charge is 0.0872 e. The zero-order chi connectivity index (χ0) is 3.98. The van der Waals surface area contributed by atoms with Crippen molar-refractivity contribution in [3.63, 3.8) is 0 Å². The minimum Gasteiger partial charge on any atom is -0.0872 e. The van der Waals surface area contributed by atoms with Gasteiger partial charge in [0.25, 0.3) is 0 Å².